The van der Waals surface area contributed by atoms with Gasteiger partial charge in [-0.05, 0) is 66.6 Å². The molecule has 2 amide bonds. The average Bonchev–Trinajstić information content (AvgIpc) is 3.40. The zero-order valence-corrected chi connectivity index (χ0v) is 20.2. The minimum atomic E-state index is -0.953. The molecule has 3 aromatic rings. The lowest BCUT2D eigenvalue weighted by molar-refractivity contribution is -0.124. The molecule has 1 unspecified atom stereocenters. The fourth-order valence-corrected chi connectivity index (χ4v) is 5.69. The third kappa shape index (κ3) is 3.40. The second kappa shape index (κ2) is 8.51. The topological polar surface area (TPSA) is 96.3 Å². The molecule has 184 valence electrons. The van der Waals surface area contributed by atoms with Crippen LogP contribution in [0, 0.1) is 11.8 Å². The Morgan fingerprint density at radius 1 is 0.838 bits per heavy atom. The van der Waals surface area contributed by atoms with Crippen LogP contribution in [0.2, 0.25) is 0 Å². The average molecular weight is 494 g/mol. The number of ketones is 2. The van der Waals surface area contributed by atoms with Crippen LogP contribution >= 0.6 is 0 Å². The van der Waals surface area contributed by atoms with Gasteiger partial charge < -0.3 is 4.74 Å². The highest BCUT2D eigenvalue weighted by molar-refractivity contribution is 6.24. The number of anilines is 1. The van der Waals surface area contributed by atoms with Gasteiger partial charge in [0.15, 0.2) is 11.6 Å². The maximum atomic E-state index is 13.9. The van der Waals surface area contributed by atoms with E-state index in [1.165, 1.54) is 6.92 Å². The zero-order chi connectivity index (χ0) is 25.8. The monoisotopic (exact) mass is 493 g/mol. The number of nitrogens with zero attached hydrogens (tertiary/aromatic N) is 3. The summed E-state index contributed by atoms with van der Waals surface area (Å²) in [5.41, 5.74) is 2.97. The van der Waals surface area contributed by atoms with Crippen molar-refractivity contribution in [3.8, 4) is 5.75 Å². The molecule has 37 heavy (non-hydrogen) atoms. The molecule has 2 fully saturated rings. The molecule has 3 aromatic carbocycles. The van der Waals surface area contributed by atoms with Crippen LogP contribution in [0.15, 0.2) is 77.9 Å². The SMILES string of the molecule is COc1ccc(C(=O)[C@@H]2[C@@H]3C(=O)N(c4ccc(C(C)=O)cc4)C(=O)[C@@H]3C3c4ccccc4C=NN32)cc1. The van der Waals surface area contributed by atoms with Crippen LogP contribution in [0.3, 0.4) is 0 Å². The fraction of sp³-hybridized carbons (Fsp3) is 0.207. The molecule has 8 nitrogen and oxygen atoms in total. The quantitative estimate of drug-likeness (QED) is 0.398. The van der Waals surface area contributed by atoms with Crippen LogP contribution in [-0.4, -0.2) is 47.8 Å². The Balaban J connectivity index is 1.45. The predicted octanol–water partition coefficient (Wildman–Crippen LogP) is 3.66. The summed E-state index contributed by atoms with van der Waals surface area (Å²) in [5, 5.41) is 6.21. The molecule has 0 aliphatic carbocycles. The van der Waals surface area contributed by atoms with Gasteiger partial charge in [0.2, 0.25) is 11.8 Å². The Labute approximate surface area is 213 Å². The first-order valence-corrected chi connectivity index (χ1v) is 12.0. The number of carbonyl (C=O) groups excluding carboxylic acids is 4. The Morgan fingerprint density at radius 3 is 2.16 bits per heavy atom. The molecule has 0 spiro atoms. The van der Waals surface area contributed by atoms with Crippen molar-refractivity contribution < 1.29 is 23.9 Å². The standard InChI is InChI=1S/C29H23N3O5/c1-16(33)17-7-11-20(12-8-17)31-28(35)23-24(29(31)36)26(27(34)18-9-13-21(37-2)14-10-18)32-25(23)22-6-4-3-5-19(22)15-30-32/h3-15,23-26H,1-2H3/t23-,24+,25?,26-/m0/s1. The first kappa shape index (κ1) is 22.8. The summed E-state index contributed by atoms with van der Waals surface area (Å²) in [7, 11) is 1.54. The molecular weight excluding hydrogens is 470 g/mol. The maximum Gasteiger partial charge on any atom is 0.240 e. The third-order valence-electron chi connectivity index (χ3n) is 7.47. The van der Waals surface area contributed by atoms with Crippen LogP contribution in [0.4, 0.5) is 5.69 Å². The molecule has 0 N–H and O–H groups in total. The van der Waals surface area contributed by atoms with E-state index in [2.05, 4.69) is 5.10 Å². The van der Waals surface area contributed by atoms with E-state index < -0.39 is 29.8 Å². The summed E-state index contributed by atoms with van der Waals surface area (Å²) >= 11 is 0. The Hall–Kier alpha value is -4.59. The first-order chi connectivity index (χ1) is 17.9. The highest BCUT2D eigenvalue weighted by Gasteiger charge is 2.65. The van der Waals surface area contributed by atoms with E-state index in [1.54, 1.807) is 66.9 Å². The van der Waals surface area contributed by atoms with Gasteiger partial charge in [-0.3, -0.25) is 24.2 Å². The van der Waals surface area contributed by atoms with Gasteiger partial charge in [-0.2, -0.15) is 5.10 Å². The van der Waals surface area contributed by atoms with Crippen LogP contribution in [0.5, 0.6) is 5.75 Å². The van der Waals surface area contributed by atoms with Crippen molar-refractivity contribution in [3.63, 3.8) is 0 Å². The third-order valence-corrected chi connectivity index (χ3v) is 7.47. The maximum absolute atomic E-state index is 13.9. The first-order valence-electron chi connectivity index (χ1n) is 12.0. The van der Waals surface area contributed by atoms with E-state index in [0.717, 1.165) is 16.0 Å². The molecule has 0 bridgehead atoms. The van der Waals surface area contributed by atoms with Gasteiger partial charge in [-0.15, -0.1) is 0 Å². The lowest BCUT2D eigenvalue weighted by Gasteiger charge is -2.33. The van der Waals surface area contributed by atoms with Crippen molar-refractivity contribution in [2.24, 2.45) is 16.9 Å². The summed E-state index contributed by atoms with van der Waals surface area (Å²) < 4.78 is 5.21. The van der Waals surface area contributed by atoms with Gasteiger partial charge in [0, 0.05) is 11.1 Å². The number of hydrazone groups is 1. The predicted molar refractivity (Wildman–Crippen MR) is 136 cm³/mol. The number of benzene rings is 3. The zero-order valence-electron chi connectivity index (χ0n) is 20.2. The number of fused-ring (bicyclic) bond motifs is 5. The highest BCUT2D eigenvalue weighted by Crippen LogP contribution is 2.53. The Morgan fingerprint density at radius 2 is 1.49 bits per heavy atom. The summed E-state index contributed by atoms with van der Waals surface area (Å²) in [4.78, 5) is 54.6. The van der Waals surface area contributed by atoms with Gasteiger partial charge >= 0.3 is 0 Å². The second-order valence-corrected chi connectivity index (χ2v) is 9.40. The number of ether oxygens (including phenoxy) is 1. The van der Waals surface area contributed by atoms with Crippen molar-refractivity contribution in [1.29, 1.82) is 0 Å². The number of hydrogen-bond donors (Lipinski definition) is 0. The Bertz CT molecular complexity index is 1480. The summed E-state index contributed by atoms with van der Waals surface area (Å²) in [6, 6.07) is 19.2. The normalized spacial score (nSPS) is 23.5. The smallest absolute Gasteiger partial charge is 0.240 e. The van der Waals surface area contributed by atoms with Crippen LogP contribution in [-0.2, 0) is 9.59 Å². The van der Waals surface area contributed by atoms with Gasteiger partial charge in [0.1, 0.15) is 11.8 Å². The largest absolute Gasteiger partial charge is 0.497 e. The van der Waals surface area contributed by atoms with Crippen molar-refractivity contribution in [2.75, 3.05) is 12.0 Å². The van der Waals surface area contributed by atoms with E-state index in [1.807, 2.05) is 24.3 Å². The van der Waals surface area contributed by atoms with E-state index in [9.17, 15) is 19.2 Å². The molecule has 0 aromatic heterocycles. The van der Waals surface area contributed by atoms with Crippen molar-refractivity contribution in [2.45, 2.75) is 19.0 Å². The van der Waals surface area contributed by atoms with Crippen molar-refractivity contribution in [1.82, 2.24) is 5.01 Å². The number of amides is 2. The Kier molecular flexibility index (Phi) is 5.26. The summed E-state index contributed by atoms with van der Waals surface area (Å²) in [6.07, 6.45) is 1.67. The molecule has 0 saturated carbocycles. The summed E-state index contributed by atoms with van der Waals surface area (Å²) in [6.45, 7) is 1.45. The number of carbonyl (C=O) groups is 4. The molecule has 0 radical (unpaired) electrons. The van der Waals surface area contributed by atoms with Crippen molar-refractivity contribution in [3.05, 3.63) is 95.1 Å². The lowest BCUT2D eigenvalue weighted by Crippen LogP contribution is -2.44. The van der Waals surface area contributed by atoms with Crippen molar-refractivity contribution >= 4 is 35.3 Å². The van der Waals surface area contributed by atoms with E-state index in [0.29, 0.717) is 22.6 Å². The van der Waals surface area contributed by atoms with Gasteiger partial charge in [-0.25, -0.2) is 4.90 Å². The molecule has 3 aliphatic rings. The molecular formula is C29H23N3O5. The minimum absolute atomic E-state index is 0.111. The molecule has 6 rings (SSSR count). The number of methoxy groups -OCH3 is 1. The number of Topliss-reactive ketones (excluding diaryl/α,β-unsaturated/α-hetero) is 2. The van der Waals surface area contributed by atoms with E-state index in [-0.39, 0.29) is 17.5 Å². The lowest BCUT2D eigenvalue weighted by atomic mass is 9.83. The van der Waals surface area contributed by atoms with Gasteiger partial charge in [0.25, 0.3) is 0 Å². The molecule has 3 heterocycles. The van der Waals surface area contributed by atoms with Crippen LogP contribution in [0.1, 0.15) is 44.8 Å². The fourth-order valence-electron chi connectivity index (χ4n) is 5.69. The second-order valence-electron chi connectivity index (χ2n) is 9.40. The molecule has 8 heteroatoms. The van der Waals surface area contributed by atoms with Crippen LogP contribution in [0.25, 0.3) is 0 Å². The van der Waals surface area contributed by atoms with Gasteiger partial charge in [0.05, 0.1) is 36.9 Å². The van der Waals surface area contributed by atoms with E-state index >= 15 is 0 Å². The number of imide groups is 1. The highest BCUT2D eigenvalue weighted by atomic mass is 16.5. The van der Waals surface area contributed by atoms with Gasteiger partial charge in [-0.1, -0.05) is 24.3 Å². The van der Waals surface area contributed by atoms with Crippen LogP contribution < -0.4 is 9.64 Å². The summed E-state index contributed by atoms with van der Waals surface area (Å²) in [5.74, 6) is -2.31. The molecule has 3 aliphatic heterocycles. The van der Waals surface area contributed by atoms with E-state index in [4.69, 9.17) is 4.74 Å². The molecule has 4 atom stereocenters. The number of hydrogen-bond acceptors (Lipinski definition) is 7. The number of rotatable bonds is 5. The molecule has 2 saturated heterocycles. The minimum Gasteiger partial charge on any atom is -0.497 e.